The normalized spacial score (nSPS) is 15.4. The summed E-state index contributed by atoms with van der Waals surface area (Å²) in [4.78, 5) is 28.5. The Labute approximate surface area is 273 Å². The van der Waals surface area contributed by atoms with Crippen molar-refractivity contribution in [2.75, 3.05) is 20.2 Å². The maximum Gasteiger partial charge on any atom is 0.251 e. The third-order valence-electron chi connectivity index (χ3n) is 8.97. The molecule has 0 bridgehead atoms. The van der Waals surface area contributed by atoms with Crippen LogP contribution in [0.3, 0.4) is 0 Å². The lowest BCUT2D eigenvalue weighted by atomic mass is 9.75. The molecule has 3 aromatic carbocycles. The summed E-state index contributed by atoms with van der Waals surface area (Å²) in [7, 11) is 1.70. The second-order valence-electron chi connectivity index (χ2n) is 14.7. The van der Waals surface area contributed by atoms with Crippen LogP contribution in [0.5, 0.6) is 0 Å². The van der Waals surface area contributed by atoms with Crippen molar-refractivity contribution < 1.29 is 23.1 Å². The molecule has 5 nitrogen and oxygen atoms in total. The van der Waals surface area contributed by atoms with Gasteiger partial charge >= 0.3 is 0 Å². The van der Waals surface area contributed by atoms with Crippen LogP contribution < -0.4 is 5.32 Å². The molecule has 1 fully saturated rings. The number of likely N-dealkylation sites (tertiary alicyclic amines) is 1. The molecule has 7 heteroatoms. The highest BCUT2D eigenvalue weighted by molar-refractivity contribution is 5.95. The van der Waals surface area contributed by atoms with E-state index in [1.807, 2.05) is 17.0 Å². The molecule has 4 rings (SSSR count). The van der Waals surface area contributed by atoms with Gasteiger partial charge in [0, 0.05) is 44.1 Å². The fourth-order valence-electron chi connectivity index (χ4n) is 6.51. The molecule has 1 N–H and O–H groups in total. The number of amides is 2. The highest BCUT2D eigenvalue weighted by Gasteiger charge is 2.30. The Hall–Kier alpha value is -3.58. The molecule has 0 spiro atoms. The molecule has 1 unspecified atom stereocenters. The lowest BCUT2D eigenvalue weighted by Crippen LogP contribution is -2.38. The zero-order valence-corrected chi connectivity index (χ0v) is 28.5. The van der Waals surface area contributed by atoms with E-state index in [1.54, 1.807) is 31.4 Å². The molecule has 1 heterocycles. The SMILES string of the molecule is COCc1c(C(C)(C)C)cc(C(=O)NC2CCN(C(=O)CCCCC(c3ccc(F)cc3)c3ccc(F)cc3)C2)cc1C(C)(C)C. The molecule has 0 aromatic heterocycles. The standard InChI is InChI=1S/C39H50F2N2O3/c1-38(2,3)34-22-28(23-35(39(4,5)6)33(34)25-46-7)37(45)42-31-20-21-43(24-31)36(44)11-9-8-10-32(26-12-16-29(40)17-13-26)27-14-18-30(41)19-15-27/h12-19,22-23,31-32H,8-11,20-21,24-25H2,1-7H3,(H,42,45). The van der Waals surface area contributed by atoms with Gasteiger partial charge in [-0.1, -0.05) is 72.2 Å². The first-order chi connectivity index (χ1) is 21.7. The van der Waals surface area contributed by atoms with Gasteiger partial charge in [-0.25, -0.2) is 8.78 Å². The highest BCUT2D eigenvalue weighted by Crippen LogP contribution is 2.36. The van der Waals surface area contributed by atoms with E-state index in [0.29, 0.717) is 44.5 Å². The maximum atomic E-state index is 13.6. The number of benzene rings is 3. The molecule has 46 heavy (non-hydrogen) atoms. The predicted octanol–water partition coefficient (Wildman–Crippen LogP) is 8.43. The molecule has 1 aliphatic rings. The van der Waals surface area contributed by atoms with Crippen LogP contribution in [0.25, 0.3) is 0 Å². The number of nitrogens with zero attached hydrogens (tertiary/aromatic N) is 1. The predicted molar refractivity (Wildman–Crippen MR) is 180 cm³/mol. The van der Waals surface area contributed by atoms with Crippen LogP contribution in [0.1, 0.15) is 118 Å². The minimum atomic E-state index is -0.295. The quantitative estimate of drug-likeness (QED) is 0.216. The van der Waals surface area contributed by atoms with Gasteiger partial charge < -0.3 is 15.0 Å². The molecule has 1 saturated heterocycles. The lowest BCUT2D eigenvalue weighted by molar-refractivity contribution is -0.130. The van der Waals surface area contributed by atoms with E-state index in [9.17, 15) is 18.4 Å². The Morgan fingerprint density at radius 3 is 1.87 bits per heavy atom. The Balaban J connectivity index is 1.35. The molecule has 3 aromatic rings. The topological polar surface area (TPSA) is 58.6 Å². The summed E-state index contributed by atoms with van der Waals surface area (Å²) in [5.41, 5.74) is 5.59. The van der Waals surface area contributed by atoms with Gasteiger partial charge in [-0.3, -0.25) is 9.59 Å². The van der Waals surface area contributed by atoms with Crippen molar-refractivity contribution in [1.82, 2.24) is 10.2 Å². The number of hydrogen-bond acceptors (Lipinski definition) is 3. The Bertz CT molecular complexity index is 1410. The van der Waals surface area contributed by atoms with Crippen molar-refractivity contribution in [3.8, 4) is 0 Å². The zero-order chi connectivity index (χ0) is 33.6. The van der Waals surface area contributed by atoms with E-state index in [2.05, 4.69) is 46.9 Å². The second-order valence-corrected chi connectivity index (χ2v) is 14.7. The average Bonchev–Trinajstić information content (AvgIpc) is 3.46. The van der Waals surface area contributed by atoms with Crippen LogP contribution in [-0.2, 0) is 27.0 Å². The molecule has 0 aliphatic carbocycles. The fourth-order valence-corrected chi connectivity index (χ4v) is 6.51. The summed E-state index contributed by atoms with van der Waals surface area (Å²) in [6.45, 7) is 14.5. The maximum absolute atomic E-state index is 13.6. The van der Waals surface area contributed by atoms with Crippen LogP contribution >= 0.6 is 0 Å². The van der Waals surface area contributed by atoms with Crippen molar-refractivity contribution in [3.63, 3.8) is 0 Å². The van der Waals surface area contributed by atoms with E-state index in [4.69, 9.17) is 4.74 Å². The first-order valence-electron chi connectivity index (χ1n) is 16.4. The number of unbranched alkanes of at least 4 members (excludes halogenated alkanes) is 1. The van der Waals surface area contributed by atoms with Gasteiger partial charge in [0.25, 0.3) is 5.91 Å². The molecule has 248 valence electrons. The summed E-state index contributed by atoms with van der Waals surface area (Å²) in [6.07, 6.45) is 3.41. The number of hydrogen-bond donors (Lipinski definition) is 1. The largest absolute Gasteiger partial charge is 0.380 e. The number of carbonyl (C=O) groups excluding carboxylic acids is 2. The number of rotatable bonds is 11. The van der Waals surface area contributed by atoms with Crippen LogP contribution in [-0.4, -0.2) is 43.0 Å². The van der Waals surface area contributed by atoms with Crippen LogP contribution in [0, 0.1) is 11.6 Å². The molecular formula is C39H50F2N2O3. The van der Waals surface area contributed by atoms with Crippen molar-refractivity contribution in [2.45, 2.75) is 103 Å². The number of carbonyl (C=O) groups is 2. The van der Waals surface area contributed by atoms with Crippen LogP contribution in [0.4, 0.5) is 8.78 Å². The van der Waals surface area contributed by atoms with Crippen molar-refractivity contribution in [2.24, 2.45) is 0 Å². The summed E-state index contributed by atoms with van der Waals surface area (Å²) in [6, 6.07) is 16.8. The Morgan fingerprint density at radius 1 is 0.870 bits per heavy atom. The van der Waals surface area contributed by atoms with Gasteiger partial charge in [-0.15, -0.1) is 0 Å². The highest BCUT2D eigenvalue weighted by atomic mass is 19.1. The number of ether oxygens (including phenoxy) is 1. The minimum Gasteiger partial charge on any atom is -0.380 e. The first kappa shape index (κ1) is 35.3. The molecule has 1 atom stereocenters. The van der Waals surface area contributed by atoms with Gasteiger partial charge in [0.05, 0.1) is 6.61 Å². The summed E-state index contributed by atoms with van der Waals surface area (Å²) in [5, 5.41) is 3.20. The van der Waals surface area contributed by atoms with E-state index in [-0.39, 0.29) is 46.2 Å². The summed E-state index contributed by atoms with van der Waals surface area (Å²) in [5.74, 6) is -0.630. The van der Waals surface area contributed by atoms with Crippen molar-refractivity contribution in [3.05, 3.63) is 106 Å². The molecule has 1 aliphatic heterocycles. The number of halogens is 2. The summed E-state index contributed by atoms with van der Waals surface area (Å²) >= 11 is 0. The van der Waals surface area contributed by atoms with Crippen LogP contribution in [0.15, 0.2) is 60.7 Å². The Kier molecular flexibility index (Phi) is 11.4. The molecule has 2 amide bonds. The first-order valence-corrected chi connectivity index (χ1v) is 16.4. The average molecular weight is 633 g/mol. The second kappa shape index (κ2) is 14.9. The van der Waals surface area contributed by atoms with E-state index >= 15 is 0 Å². The van der Waals surface area contributed by atoms with Gasteiger partial charge in [-0.05, 0) is 94.3 Å². The smallest absolute Gasteiger partial charge is 0.251 e. The number of methoxy groups -OCH3 is 1. The minimum absolute atomic E-state index is 0.0103. The third-order valence-corrected chi connectivity index (χ3v) is 8.97. The molecule has 0 saturated carbocycles. The van der Waals surface area contributed by atoms with Gasteiger partial charge in [0.15, 0.2) is 0 Å². The van der Waals surface area contributed by atoms with Gasteiger partial charge in [0.2, 0.25) is 5.91 Å². The monoisotopic (exact) mass is 632 g/mol. The van der Waals surface area contributed by atoms with E-state index < -0.39 is 0 Å². The van der Waals surface area contributed by atoms with Crippen molar-refractivity contribution in [1.29, 1.82) is 0 Å². The van der Waals surface area contributed by atoms with E-state index in [1.165, 1.54) is 24.3 Å². The van der Waals surface area contributed by atoms with E-state index in [0.717, 1.165) is 40.7 Å². The van der Waals surface area contributed by atoms with Crippen LogP contribution in [0.2, 0.25) is 0 Å². The fraction of sp³-hybridized carbons (Fsp3) is 0.487. The number of nitrogens with one attached hydrogen (secondary N) is 1. The van der Waals surface area contributed by atoms with Gasteiger partial charge in [0.1, 0.15) is 11.6 Å². The summed E-state index contributed by atoms with van der Waals surface area (Å²) < 4.78 is 32.7. The zero-order valence-electron chi connectivity index (χ0n) is 28.5. The molecular weight excluding hydrogens is 582 g/mol. The third kappa shape index (κ3) is 9.03. The van der Waals surface area contributed by atoms with Gasteiger partial charge in [-0.2, -0.15) is 0 Å². The Morgan fingerprint density at radius 2 is 1.39 bits per heavy atom. The lowest BCUT2D eigenvalue weighted by Gasteiger charge is -2.31. The van der Waals surface area contributed by atoms with Crippen molar-refractivity contribution >= 4 is 11.8 Å². The molecule has 0 radical (unpaired) electrons.